The van der Waals surface area contributed by atoms with Crippen molar-refractivity contribution in [1.29, 1.82) is 0 Å². The first-order chi connectivity index (χ1) is 5.29. The molecule has 2 atom stereocenters. The van der Waals surface area contributed by atoms with Gasteiger partial charge in [0, 0.05) is 6.04 Å². The number of hydrogen-bond acceptors (Lipinski definition) is 1. The Bertz CT molecular complexity index is 144. The Morgan fingerprint density at radius 3 is 2.36 bits per heavy atom. The summed E-state index contributed by atoms with van der Waals surface area (Å²) < 4.78 is 0. The fourth-order valence-electron chi connectivity index (χ4n) is 1.70. The molecule has 0 unspecified atom stereocenters. The van der Waals surface area contributed by atoms with Gasteiger partial charge in [0.2, 0.25) is 5.91 Å². The van der Waals surface area contributed by atoms with Crippen molar-refractivity contribution in [2.75, 3.05) is 0 Å². The summed E-state index contributed by atoms with van der Waals surface area (Å²) in [6.07, 6.45) is 4.51. The lowest BCUT2D eigenvalue weighted by Gasteiger charge is -2.36. The van der Waals surface area contributed by atoms with Crippen LogP contribution in [0.4, 0.5) is 0 Å². The van der Waals surface area contributed by atoms with E-state index >= 15 is 0 Å². The number of amides is 1. The van der Waals surface area contributed by atoms with E-state index in [0.717, 1.165) is 19.3 Å². The molecule has 1 rings (SSSR count). The molecule has 1 saturated heterocycles. The van der Waals surface area contributed by atoms with Crippen LogP contribution in [-0.4, -0.2) is 11.9 Å². The largest absolute Gasteiger partial charge is 0.352 e. The van der Waals surface area contributed by atoms with Gasteiger partial charge in [-0.2, -0.15) is 0 Å². The van der Waals surface area contributed by atoms with Crippen LogP contribution in [0.25, 0.3) is 0 Å². The van der Waals surface area contributed by atoms with Crippen LogP contribution in [0.15, 0.2) is 0 Å². The Hall–Kier alpha value is -0.530. The number of carbonyl (C=O) groups is 1. The Balaban J connectivity index is 2.29. The SMILES string of the molecule is CCC[C@@H]1NC(=O)[C@@H]1CCC. The summed E-state index contributed by atoms with van der Waals surface area (Å²) in [4.78, 5) is 11.0. The Kier molecular flexibility index (Phi) is 2.92. The first kappa shape index (κ1) is 8.57. The monoisotopic (exact) mass is 155 g/mol. The van der Waals surface area contributed by atoms with Gasteiger partial charge in [0.05, 0.1) is 5.92 Å². The Morgan fingerprint density at radius 2 is 1.91 bits per heavy atom. The smallest absolute Gasteiger partial charge is 0.225 e. The van der Waals surface area contributed by atoms with Crippen molar-refractivity contribution in [2.24, 2.45) is 5.92 Å². The summed E-state index contributed by atoms with van der Waals surface area (Å²) in [6, 6.07) is 0.493. The number of hydrogen-bond donors (Lipinski definition) is 1. The van der Waals surface area contributed by atoms with Crippen LogP contribution in [0.2, 0.25) is 0 Å². The van der Waals surface area contributed by atoms with Gasteiger partial charge in [-0.25, -0.2) is 0 Å². The van der Waals surface area contributed by atoms with Crippen LogP contribution in [0.1, 0.15) is 39.5 Å². The van der Waals surface area contributed by atoms with E-state index in [-0.39, 0.29) is 5.91 Å². The van der Waals surface area contributed by atoms with Crippen molar-refractivity contribution in [3.8, 4) is 0 Å². The van der Waals surface area contributed by atoms with Crippen LogP contribution >= 0.6 is 0 Å². The molecular weight excluding hydrogens is 138 g/mol. The van der Waals surface area contributed by atoms with E-state index < -0.39 is 0 Å². The summed E-state index contributed by atoms with van der Waals surface area (Å²) in [7, 11) is 0. The lowest BCUT2D eigenvalue weighted by Crippen LogP contribution is -2.57. The zero-order chi connectivity index (χ0) is 8.27. The highest BCUT2D eigenvalue weighted by atomic mass is 16.2. The van der Waals surface area contributed by atoms with Crippen molar-refractivity contribution in [2.45, 2.75) is 45.6 Å². The van der Waals surface area contributed by atoms with Crippen molar-refractivity contribution in [1.82, 2.24) is 5.32 Å². The maximum Gasteiger partial charge on any atom is 0.225 e. The summed E-state index contributed by atoms with van der Waals surface area (Å²) >= 11 is 0. The first-order valence-corrected chi connectivity index (χ1v) is 4.60. The molecule has 0 bridgehead atoms. The predicted molar refractivity (Wildman–Crippen MR) is 45.2 cm³/mol. The normalized spacial score (nSPS) is 29.5. The van der Waals surface area contributed by atoms with Gasteiger partial charge in [0.15, 0.2) is 0 Å². The molecule has 0 aromatic carbocycles. The van der Waals surface area contributed by atoms with Crippen molar-refractivity contribution >= 4 is 5.91 Å². The topological polar surface area (TPSA) is 29.1 Å². The van der Waals surface area contributed by atoms with E-state index in [9.17, 15) is 4.79 Å². The lowest BCUT2D eigenvalue weighted by molar-refractivity contribution is -0.135. The fraction of sp³-hybridized carbons (Fsp3) is 0.889. The number of rotatable bonds is 4. The molecule has 0 aromatic heterocycles. The molecule has 0 aliphatic carbocycles. The van der Waals surface area contributed by atoms with Gasteiger partial charge in [-0.05, 0) is 12.8 Å². The molecule has 1 aliphatic rings. The molecule has 11 heavy (non-hydrogen) atoms. The zero-order valence-corrected chi connectivity index (χ0v) is 7.39. The van der Waals surface area contributed by atoms with Gasteiger partial charge in [-0.1, -0.05) is 26.7 Å². The third-order valence-corrected chi connectivity index (χ3v) is 2.35. The minimum Gasteiger partial charge on any atom is -0.352 e. The molecule has 64 valence electrons. The summed E-state index contributed by atoms with van der Waals surface area (Å²) in [5.74, 6) is 0.602. The molecule has 2 nitrogen and oxygen atoms in total. The third kappa shape index (κ3) is 1.73. The quantitative estimate of drug-likeness (QED) is 0.615. The van der Waals surface area contributed by atoms with E-state index in [1.54, 1.807) is 0 Å². The molecule has 0 aromatic rings. The molecule has 2 heteroatoms. The fourth-order valence-corrected chi connectivity index (χ4v) is 1.70. The number of carbonyl (C=O) groups excluding carboxylic acids is 1. The van der Waals surface area contributed by atoms with Crippen molar-refractivity contribution in [3.63, 3.8) is 0 Å². The minimum absolute atomic E-state index is 0.269. The average molecular weight is 155 g/mol. The standard InChI is InChI=1S/C9H17NO/c1-3-5-7-8(6-4-2)10-9(7)11/h7-8H,3-6H2,1-2H3,(H,10,11)/t7-,8+/m1/s1. The van der Waals surface area contributed by atoms with Gasteiger partial charge in [-0.15, -0.1) is 0 Å². The van der Waals surface area contributed by atoms with Crippen LogP contribution in [0.3, 0.4) is 0 Å². The second kappa shape index (κ2) is 3.74. The van der Waals surface area contributed by atoms with E-state index in [4.69, 9.17) is 0 Å². The molecular formula is C9H17NO. The Morgan fingerprint density at radius 1 is 1.27 bits per heavy atom. The van der Waals surface area contributed by atoms with E-state index in [1.807, 2.05) is 0 Å². The average Bonchev–Trinajstić information content (AvgIpc) is 2.00. The third-order valence-electron chi connectivity index (χ3n) is 2.35. The van der Waals surface area contributed by atoms with E-state index in [1.165, 1.54) is 6.42 Å². The molecule has 0 saturated carbocycles. The van der Waals surface area contributed by atoms with Crippen molar-refractivity contribution in [3.05, 3.63) is 0 Å². The first-order valence-electron chi connectivity index (χ1n) is 4.60. The summed E-state index contributed by atoms with van der Waals surface area (Å²) in [5.41, 5.74) is 0. The van der Waals surface area contributed by atoms with E-state index in [2.05, 4.69) is 19.2 Å². The van der Waals surface area contributed by atoms with Crippen LogP contribution < -0.4 is 5.32 Å². The number of β-lactam (4-membered cyclic amide) rings is 1. The van der Waals surface area contributed by atoms with Crippen LogP contribution in [-0.2, 0) is 4.79 Å². The molecule has 1 fully saturated rings. The van der Waals surface area contributed by atoms with Gasteiger partial charge in [0.25, 0.3) is 0 Å². The number of nitrogens with one attached hydrogen (secondary N) is 1. The molecule has 1 N–H and O–H groups in total. The highest BCUT2D eigenvalue weighted by molar-refractivity contribution is 5.85. The highest BCUT2D eigenvalue weighted by Gasteiger charge is 2.36. The van der Waals surface area contributed by atoms with E-state index in [0.29, 0.717) is 12.0 Å². The van der Waals surface area contributed by atoms with Gasteiger partial charge >= 0.3 is 0 Å². The minimum atomic E-state index is 0.269. The molecule has 1 amide bonds. The second-order valence-corrected chi connectivity index (χ2v) is 3.30. The van der Waals surface area contributed by atoms with Gasteiger partial charge in [0.1, 0.15) is 0 Å². The van der Waals surface area contributed by atoms with Gasteiger partial charge < -0.3 is 5.32 Å². The van der Waals surface area contributed by atoms with Gasteiger partial charge in [-0.3, -0.25) is 4.79 Å². The molecule has 0 spiro atoms. The molecule has 1 heterocycles. The van der Waals surface area contributed by atoms with Crippen LogP contribution in [0, 0.1) is 5.92 Å². The lowest BCUT2D eigenvalue weighted by atomic mass is 9.84. The molecule has 0 radical (unpaired) electrons. The van der Waals surface area contributed by atoms with Crippen molar-refractivity contribution < 1.29 is 4.79 Å². The summed E-state index contributed by atoms with van der Waals surface area (Å²) in [6.45, 7) is 4.29. The zero-order valence-electron chi connectivity index (χ0n) is 7.39. The molecule has 1 aliphatic heterocycles. The predicted octanol–water partition coefficient (Wildman–Crippen LogP) is 1.70. The summed E-state index contributed by atoms with van der Waals surface area (Å²) in [5, 5.41) is 2.94. The maximum absolute atomic E-state index is 11.0. The Labute approximate surface area is 68.4 Å². The highest BCUT2D eigenvalue weighted by Crippen LogP contribution is 2.23. The maximum atomic E-state index is 11.0. The second-order valence-electron chi connectivity index (χ2n) is 3.30. The van der Waals surface area contributed by atoms with Crippen LogP contribution in [0.5, 0.6) is 0 Å².